The molecule has 44 heavy (non-hydrogen) atoms. The quantitative estimate of drug-likeness (QED) is 0.273. The molecule has 0 spiro atoms. The van der Waals surface area contributed by atoms with Crippen LogP contribution in [0.25, 0.3) is 5.57 Å². The van der Waals surface area contributed by atoms with Crippen LogP contribution in [0.4, 0.5) is 11.4 Å². The highest BCUT2D eigenvalue weighted by Gasteiger charge is 2.67. The Labute approximate surface area is 257 Å². The monoisotopic (exact) mass is 582 g/mol. The van der Waals surface area contributed by atoms with Crippen molar-refractivity contribution < 1.29 is 19.2 Å². The van der Waals surface area contributed by atoms with Crippen molar-refractivity contribution >= 4 is 40.6 Å². The van der Waals surface area contributed by atoms with Gasteiger partial charge in [-0.1, -0.05) is 86.2 Å². The summed E-state index contributed by atoms with van der Waals surface area (Å²) in [7, 11) is 0. The van der Waals surface area contributed by atoms with Crippen LogP contribution in [0.3, 0.4) is 0 Å². The minimum Gasteiger partial charge on any atom is -0.274 e. The molecule has 2 bridgehead atoms. The first-order chi connectivity index (χ1) is 21.4. The van der Waals surface area contributed by atoms with E-state index in [-0.39, 0.29) is 41.4 Å². The minimum atomic E-state index is -0.574. The second kappa shape index (κ2) is 9.98. The van der Waals surface area contributed by atoms with Gasteiger partial charge < -0.3 is 0 Å². The van der Waals surface area contributed by atoms with Crippen molar-refractivity contribution in [2.24, 2.45) is 41.4 Å². The van der Waals surface area contributed by atoms with Gasteiger partial charge in [-0.2, -0.15) is 0 Å². The van der Waals surface area contributed by atoms with Crippen molar-refractivity contribution in [3.8, 4) is 0 Å². The van der Waals surface area contributed by atoms with E-state index in [1.54, 1.807) is 0 Å². The van der Waals surface area contributed by atoms with Crippen LogP contribution >= 0.6 is 0 Å². The molecule has 220 valence electrons. The number of hydrogen-bond donors (Lipinski definition) is 0. The first-order valence-corrected chi connectivity index (χ1v) is 15.8. The lowest BCUT2D eigenvalue weighted by atomic mass is 9.49. The smallest absolute Gasteiger partial charge is 0.238 e. The van der Waals surface area contributed by atoms with E-state index in [2.05, 4.69) is 38.1 Å². The first-order valence-electron chi connectivity index (χ1n) is 15.8. The van der Waals surface area contributed by atoms with E-state index in [4.69, 9.17) is 0 Å². The molecule has 3 aromatic rings. The lowest BCUT2D eigenvalue weighted by Crippen LogP contribution is -2.51. The van der Waals surface area contributed by atoms with E-state index < -0.39 is 23.7 Å². The van der Waals surface area contributed by atoms with Crippen molar-refractivity contribution in [1.82, 2.24) is 0 Å². The maximum absolute atomic E-state index is 14.4. The van der Waals surface area contributed by atoms with E-state index in [0.29, 0.717) is 17.8 Å². The van der Waals surface area contributed by atoms with Crippen LogP contribution in [-0.4, -0.2) is 23.6 Å². The van der Waals surface area contributed by atoms with Gasteiger partial charge in [0.05, 0.1) is 35.0 Å². The first kappa shape index (κ1) is 27.0. The fourth-order valence-corrected chi connectivity index (χ4v) is 8.79. The van der Waals surface area contributed by atoms with Crippen LogP contribution in [0.2, 0.25) is 0 Å². The lowest BCUT2D eigenvalue weighted by molar-refractivity contribution is -0.129. The summed E-state index contributed by atoms with van der Waals surface area (Å²) in [5.41, 5.74) is 6.60. The number of carbonyl (C=O) groups is 4. The molecule has 2 heterocycles. The molecule has 2 aliphatic heterocycles. The molecule has 2 saturated heterocycles. The number of hydrogen-bond acceptors (Lipinski definition) is 4. The summed E-state index contributed by atoms with van der Waals surface area (Å²) in [6.07, 6.45) is 6.34. The van der Waals surface area contributed by atoms with Gasteiger partial charge in [-0.05, 0) is 71.7 Å². The predicted octanol–water partition coefficient (Wildman–Crippen LogP) is 6.01. The molecule has 4 amide bonds. The molecule has 6 nitrogen and oxygen atoms in total. The second-order valence-electron chi connectivity index (χ2n) is 12.8. The molecular weight excluding hydrogens is 548 g/mol. The molecule has 4 aliphatic carbocycles. The van der Waals surface area contributed by atoms with Gasteiger partial charge >= 0.3 is 0 Å². The van der Waals surface area contributed by atoms with E-state index in [9.17, 15) is 19.2 Å². The van der Waals surface area contributed by atoms with Gasteiger partial charge in [-0.15, -0.1) is 0 Å². The van der Waals surface area contributed by atoms with Crippen LogP contribution in [0.5, 0.6) is 0 Å². The number of rotatable bonds is 5. The number of allylic oxidation sites excluding steroid dienone is 4. The summed E-state index contributed by atoms with van der Waals surface area (Å²) in [5, 5.41) is 0. The highest BCUT2D eigenvalue weighted by Crippen LogP contribution is 2.63. The van der Waals surface area contributed by atoms with Gasteiger partial charge in [0.2, 0.25) is 23.6 Å². The zero-order chi connectivity index (χ0) is 30.3. The maximum atomic E-state index is 14.4. The minimum absolute atomic E-state index is 0.171. The summed E-state index contributed by atoms with van der Waals surface area (Å²) in [6, 6.07) is 25.4. The van der Waals surface area contributed by atoms with Crippen LogP contribution in [0, 0.1) is 41.4 Å². The van der Waals surface area contributed by atoms with E-state index >= 15 is 0 Å². The van der Waals surface area contributed by atoms with E-state index in [1.165, 1.54) is 9.80 Å². The van der Waals surface area contributed by atoms with E-state index in [0.717, 1.165) is 40.7 Å². The Kier molecular flexibility index (Phi) is 6.12. The number of aryl methyl sites for hydroxylation is 2. The zero-order valence-electron chi connectivity index (χ0n) is 24.9. The van der Waals surface area contributed by atoms with Gasteiger partial charge in [-0.3, -0.25) is 29.0 Å². The number of benzene rings is 3. The molecule has 9 rings (SSSR count). The van der Waals surface area contributed by atoms with Crippen molar-refractivity contribution in [1.29, 1.82) is 0 Å². The molecule has 0 radical (unpaired) electrons. The average molecular weight is 583 g/mol. The summed E-state index contributed by atoms with van der Waals surface area (Å²) >= 11 is 0. The van der Waals surface area contributed by atoms with Crippen molar-refractivity contribution in [3.05, 3.63) is 113 Å². The number of anilines is 2. The SMILES string of the molecule is CCc1ccc(N2C(=O)[C@@H]3[C@H]4C=C[C@H](C5=C(c6ccccc6)C[C@@H]6C(=O)N(c7ccc(CC)cc7)C(=O)[C@H]6[C@H]54)[C@H]3C2=O)cc1. The molecule has 0 N–H and O–H groups in total. The molecule has 3 aromatic carbocycles. The lowest BCUT2D eigenvalue weighted by Gasteiger charge is -2.51. The Bertz CT molecular complexity index is 1770. The van der Waals surface area contributed by atoms with Gasteiger partial charge in [0.1, 0.15) is 0 Å². The van der Waals surface area contributed by atoms with Crippen LogP contribution in [0.1, 0.15) is 37.0 Å². The fourth-order valence-electron chi connectivity index (χ4n) is 8.79. The molecular formula is C38H34N2O4. The van der Waals surface area contributed by atoms with Crippen LogP contribution in [-0.2, 0) is 32.0 Å². The number of carbonyl (C=O) groups excluding carboxylic acids is 4. The predicted molar refractivity (Wildman–Crippen MR) is 168 cm³/mol. The van der Waals surface area contributed by atoms with Crippen molar-refractivity contribution in [3.63, 3.8) is 0 Å². The topological polar surface area (TPSA) is 74.8 Å². The van der Waals surface area contributed by atoms with E-state index in [1.807, 2.05) is 66.7 Å². The third-order valence-corrected chi connectivity index (χ3v) is 10.8. The summed E-state index contributed by atoms with van der Waals surface area (Å²) in [6.45, 7) is 4.14. The fraction of sp³-hybridized carbons (Fsp3) is 0.316. The van der Waals surface area contributed by atoms with Gasteiger partial charge in [0.15, 0.2) is 0 Å². The van der Waals surface area contributed by atoms with Crippen molar-refractivity contribution in [2.75, 3.05) is 9.80 Å². The maximum Gasteiger partial charge on any atom is 0.238 e. The zero-order valence-corrected chi connectivity index (χ0v) is 24.9. The molecule has 7 atom stereocenters. The molecule has 1 saturated carbocycles. The van der Waals surface area contributed by atoms with Crippen LogP contribution < -0.4 is 9.80 Å². The number of amides is 4. The Morgan fingerprint density at radius 1 is 0.591 bits per heavy atom. The molecule has 6 heteroatoms. The third-order valence-electron chi connectivity index (χ3n) is 10.8. The van der Waals surface area contributed by atoms with Crippen LogP contribution in [0.15, 0.2) is 96.6 Å². The summed E-state index contributed by atoms with van der Waals surface area (Å²) in [5.74, 6) is -3.89. The van der Waals surface area contributed by atoms with Gasteiger partial charge in [0.25, 0.3) is 0 Å². The normalized spacial score (nSPS) is 30.3. The largest absolute Gasteiger partial charge is 0.274 e. The highest BCUT2D eigenvalue weighted by atomic mass is 16.2. The Morgan fingerprint density at radius 2 is 1.14 bits per heavy atom. The number of imide groups is 2. The molecule has 6 aliphatic rings. The summed E-state index contributed by atoms with van der Waals surface area (Å²) in [4.78, 5) is 59.6. The second-order valence-corrected chi connectivity index (χ2v) is 12.8. The third kappa shape index (κ3) is 3.66. The number of fused-ring (bicyclic) bond motifs is 1. The van der Waals surface area contributed by atoms with Crippen molar-refractivity contribution in [2.45, 2.75) is 33.1 Å². The number of nitrogens with zero attached hydrogens (tertiary/aromatic N) is 2. The molecule has 0 unspecified atom stereocenters. The standard InChI is InChI=1S/C38H34N2O4/c1-3-21-10-14-24(15-11-21)39-35(41)29-20-28(23-8-6-5-7-9-23)30-26-18-19-27(31(30)34(29)38(39)44)33-32(26)36(42)40(37(33)43)25-16-12-22(4-2)13-17-25/h5-19,26-27,29,31-34H,3-4,20H2,1-2H3/t26-,27+,29+,31+,32-,33-,34-/m1/s1. The van der Waals surface area contributed by atoms with Gasteiger partial charge in [0, 0.05) is 11.8 Å². The molecule has 3 fully saturated rings. The Hall–Kier alpha value is -4.58. The van der Waals surface area contributed by atoms with Gasteiger partial charge in [-0.25, -0.2) is 0 Å². The molecule has 0 aromatic heterocycles. The highest BCUT2D eigenvalue weighted by molar-refractivity contribution is 6.24. The summed E-state index contributed by atoms with van der Waals surface area (Å²) < 4.78 is 0. The Morgan fingerprint density at radius 3 is 1.73 bits per heavy atom. The average Bonchev–Trinajstić information content (AvgIpc) is 3.50. The Balaban J connectivity index is 1.25.